The van der Waals surface area contributed by atoms with Gasteiger partial charge in [-0.25, -0.2) is 4.98 Å². The number of nitrogens with zero attached hydrogens (tertiary/aromatic N) is 4. The molecule has 3 rings (SSSR count). The molecule has 1 saturated heterocycles. The summed E-state index contributed by atoms with van der Waals surface area (Å²) in [6, 6.07) is 6.08. The van der Waals surface area contributed by atoms with Crippen LogP contribution in [0, 0.1) is 0 Å². The molecule has 0 bridgehead atoms. The summed E-state index contributed by atoms with van der Waals surface area (Å²) in [7, 11) is 1.87. The number of guanidine groups is 1. The van der Waals surface area contributed by atoms with E-state index in [1.165, 1.54) is 12.2 Å². The lowest BCUT2D eigenvalue weighted by Gasteiger charge is -2.34. The molecule has 5 nitrogen and oxygen atoms in total. The standard InChI is InChI=1S/C17H25N5S.HI/c1-3-15-13-22(10-11-23-15)17(18-2)19-8-7-14-12-21-9-5-4-6-16(21)20-14;/h4-6,9,12,15H,3,7-8,10-11,13H2,1-2H3,(H,18,19);1H. The first kappa shape index (κ1) is 19.4. The average Bonchev–Trinajstić information content (AvgIpc) is 3.01. The van der Waals surface area contributed by atoms with E-state index in [1.807, 2.05) is 31.4 Å². The Morgan fingerprint density at radius 1 is 1.46 bits per heavy atom. The zero-order valence-corrected chi connectivity index (χ0v) is 17.5. The minimum atomic E-state index is 0. The third-order valence-corrected chi connectivity index (χ3v) is 5.56. The quantitative estimate of drug-likeness (QED) is 0.434. The van der Waals surface area contributed by atoms with Gasteiger partial charge in [-0.3, -0.25) is 4.99 Å². The number of pyridine rings is 1. The van der Waals surface area contributed by atoms with Crippen LogP contribution in [0.1, 0.15) is 19.0 Å². The van der Waals surface area contributed by atoms with E-state index in [4.69, 9.17) is 0 Å². The number of fused-ring (bicyclic) bond motifs is 1. The van der Waals surface area contributed by atoms with Crippen LogP contribution in [0.25, 0.3) is 5.65 Å². The van der Waals surface area contributed by atoms with Gasteiger partial charge in [-0.2, -0.15) is 11.8 Å². The summed E-state index contributed by atoms with van der Waals surface area (Å²) in [4.78, 5) is 11.5. The Labute approximate surface area is 165 Å². The molecule has 3 heterocycles. The Balaban J connectivity index is 0.00000208. The second-order valence-electron chi connectivity index (χ2n) is 5.77. The lowest BCUT2D eigenvalue weighted by molar-refractivity contribution is 0.408. The molecular formula is C17H26IN5S. The fourth-order valence-corrected chi connectivity index (χ4v) is 4.08. The smallest absolute Gasteiger partial charge is 0.193 e. The van der Waals surface area contributed by atoms with Crippen molar-refractivity contribution in [2.45, 2.75) is 25.0 Å². The Hall–Kier alpha value is -0.960. The van der Waals surface area contributed by atoms with Crippen molar-refractivity contribution in [3.05, 3.63) is 36.3 Å². The average molecular weight is 459 g/mol. The Kier molecular flexibility index (Phi) is 7.67. The van der Waals surface area contributed by atoms with Gasteiger partial charge in [0.05, 0.1) is 5.69 Å². The molecule has 1 aliphatic rings. The number of nitrogens with one attached hydrogen (secondary N) is 1. The van der Waals surface area contributed by atoms with E-state index >= 15 is 0 Å². The zero-order chi connectivity index (χ0) is 16.1. The molecular weight excluding hydrogens is 433 g/mol. The molecule has 132 valence electrons. The minimum Gasteiger partial charge on any atom is -0.356 e. The summed E-state index contributed by atoms with van der Waals surface area (Å²) in [5.41, 5.74) is 2.12. The van der Waals surface area contributed by atoms with E-state index in [9.17, 15) is 0 Å². The molecule has 0 aliphatic carbocycles. The van der Waals surface area contributed by atoms with Crippen molar-refractivity contribution < 1.29 is 0 Å². The van der Waals surface area contributed by atoms with Gasteiger partial charge in [-0.05, 0) is 18.6 Å². The molecule has 0 amide bonds. The normalized spacial score (nSPS) is 18.5. The number of imidazole rings is 1. The van der Waals surface area contributed by atoms with E-state index in [2.05, 4.69) is 49.5 Å². The van der Waals surface area contributed by atoms with Crippen molar-refractivity contribution in [3.63, 3.8) is 0 Å². The van der Waals surface area contributed by atoms with Crippen LogP contribution < -0.4 is 5.32 Å². The number of hydrogen-bond acceptors (Lipinski definition) is 3. The van der Waals surface area contributed by atoms with E-state index in [0.29, 0.717) is 0 Å². The summed E-state index contributed by atoms with van der Waals surface area (Å²) in [5.74, 6) is 2.21. The van der Waals surface area contributed by atoms with Crippen LogP contribution in [0.2, 0.25) is 0 Å². The van der Waals surface area contributed by atoms with Gasteiger partial charge in [0, 0.05) is 56.5 Å². The maximum Gasteiger partial charge on any atom is 0.193 e. The summed E-state index contributed by atoms with van der Waals surface area (Å²) < 4.78 is 2.07. The maximum atomic E-state index is 4.64. The summed E-state index contributed by atoms with van der Waals surface area (Å²) in [6.07, 6.45) is 6.26. The number of aliphatic imine (C=N–C) groups is 1. The molecule has 1 N–H and O–H groups in total. The lowest BCUT2D eigenvalue weighted by Crippen LogP contribution is -2.48. The van der Waals surface area contributed by atoms with Crippen LogP contribution >= 0.6 is 35.7 Å². The topological polar surface area (TPSA) is 44.9 Å². The van der Waals surface area contributed by atoms with Crippen LogP contribution in [0.3, 0.4) is 0 Å². The highest BCUT2D eigenvalue weighted by Gasteiger charge is 2.21. The van der Waals surface area contributed by atoms with Gasteiger partial charge >= 0.3 is 0 Å². The molecule has 1 unspecified atom stereocenters. The second-order valence-corrected chi connectivity index (χ2v) is 7.18. The lowest BCUT2D eigenvalue weighted by atomic mass is 10.3. The molecule has 0 radical (unpaired) electrons. The fraction of sp³-hybridized carbons (Fsp3) is 0.529. The molecule has 0 saturated carbocycles. The van der Waals surface area contributed by atoms with Crippen molar-refractivity contribution in [2.24, 2.45) is 4.99 Å². The molecule has 0 aromatic carbocycles. The largest absolute Gasteiger partial charge is 0.356 e. The van der Waals surface area contributed by atoms with Crippen molar-refractivity contribution >= 4 is 47.3 Å². The Morgan fingerprint density at radius 2 is 2.33 bits per heavy atom. The van der Waals surface area contributed by atoms with Crippen LogP contribution in [-0.2, 0) is 6.42 Å². The number of aromatic nitrogens is 2. The first-order valence-corrected chi connectivity index (χ1v) is 9.35. The SMILES string of the molecule is CCC1CN(C(=NC)NCCc2cn3ccccc3n2)CCS1.I. The van der Waals surface area contributed by atoms with Gasteiger partial charge in [0.2, 0.25) is 0 Å². The highest BCUT2D eigenvalue weighted by atomic mass is 127. The van der Waals surface area contributed by atoms with E-state index in [1.54, 1.807) is 0 Å². The highest BCUT2D eigenvalue weighted by Crippen LogP contribution is 2.20. The highest BCUT2D eigenvalue weighted by molar-refractivity contribution is 14.0. The van der Waals surface area contributed by atoms with Crippen molar-refractivity contribution in [2.75, 3.05) is 32.4 Å². The monoisotopic (exact) mass is 459 g/mol. The van der Waals surface area contributed by atoms with E-state index < -0.39 is 0 Å². The summed E-state index contributed by atoms with van der Waals surface area (Å²) in [6.45, 7) is 5.29. The number of thioether (sulfide) groups is 1. The number of hydrogen-bond donors (Lipinski definition) is 1. The van der Waals surface area contributed by atoms with Crippen molar-refractivity contribution in [1.29, 1.82) is 0 Å². The van der Waals surface area contributed by atoms with Gasteiger partial charge in [-0.1, -0.05) is 13.0 Å². The van der Waals surface area contributed by atoms with E-state index in [-0.39, 0.29) is 24.0 Å². The third-order valence-electron chi connectivity index (χ3n) is 4.18. The van der Waals surface area contributed by atoms with Crippen LogP contribution in [0.4, 0.5) is 0 Å². The third kappa shape index (κ3) is 4.78. The van der Waals surface area contributed by atoms with Gasteiger partial charge in [0.25, 0.3) is 0 Å². The first-order chi connectivity index (χ1) is 11.3. The maximum absolute atomic E-state index is 4.64. The zero-order valence-electron chi connectivity index (χ0n) is 14.3. The van der Waals surface area contributed by atoms with Crippen molar-refractivity contribution in [3.8, 4) is 0 Å². The van der Waals surface area contributed by atoms with Crippen molar-refractivity contribution in [1.82, 2.24) is 19.6 Å². The molecule has 1 atom stereocenters. The van der Waals surface area contributed by atoms with Crippen LogP contribution in [0.15, 0.2) is 35.6 Å². The van der Waals surface area contributed by atoms with Crippen LogP contribution in [-0.4, -0.2) is 57.9 Å². The predicted molar refractivity (Wildman–Crippen MR) is 114 cm³/mol. The van der Waals surface area contributed by atoms with Gasteiger partial charge < -0.3 is 14.6 Å². The Morgan fingerprint density at radius 3 is 3.08 bits per heavy atom. The number of rotatable bonds is 4. The second kappa shape index (κ2) is 9.50. The fourth-order valence-electron chi connectivity index (χ4n) is 2.90. The molecule has 0 spiro atoms. The van der Waals surface area contributed by atoms with Gasteiger partial charge in [0.15, 0.2) is 5.96 Å². The molecule has 1 aliphatic heterocycles. The Bertz CT molecular complexity index is 639. The molecule has 1 fully saturated rings. The molecule has 24 heavy (non-hydrogen) atoms. The molecule has 7 heteroatoms. The van der Waals surface area contributed by atoms with E-state index in [0.717, 1.165) is 48.6 Å². The first-order valence-electron chi connectivity index (χ1n) is 8.30. The number of halogens is 1. The summed E-state index contributed by atoms with van der Waals surface area (Å²) in [5, 5.41) is 4.22. The molecule has 2 aromatic rings. The van der Waals surface area contributed by atoms with Crippen LogP contribution in [0.5, 0.6) is 0 Å². The minimum absolute atomic E-state index is 0. The van der Waals surface area contributed by atoms with Gasteiger partial charge in [-0.15, -0.1) is 24.0 Å². The predicted octanol–water partition coefficient (Wildman–Crippen LogP) is 2.90. The molecule has 2 aromatic heterocycles. The summed E-state index contributed by atoms with van der Waals surface area (Å²) >= 11 is 2.08. The van der Waals surface area contributed by atoms with Gasteiger partial charge in [0.1, 0.15) is 5.65 Å².